The lowest BCUT2D eigenvalue weighted by molar-refractivity contribution is -0.153. The molecule has 1 aliphatic heterocycles. The maximum absolute atomic E-state index is 13.1. The number of hydrogen-bond donors (Lipinski definition) is 0. The molecule has 4 nitrogen and oxygen atoms in total. The average molecular weight is 548 g/mol. The average Bonchev–Trinajstić information content (AvgIpc) is 3.22. The van der Waals surface area contributed by atoms with Gasteiger partial charge < -0.3 is 4.74 Å². The van der Waals surface area contributed by atoms with E-state index in [2.05, 4.69) is 0 Å². The Hall–Kier alpha value is -3.03. The van der Waals surface area contributed by atoms with Gasteiger partial charge in [0.15, 0.2) is 6.61 Å². The van der Waals surface area contributed by atoms with E-state index in [4.69, 9.17) is 32.9 Å². The zero-order valence-corrected chi connectivity index (χ0v) is 21.8. The highest BCUT2D eigenvalue weighted by Gasteiger charge is 2.41. The molecule has 0 aliphatic carbocycles. The summed E-state index contributed by atoms with van der Waals surface area (Å²) in [6, 6.07) is 17.8. The van der Waals surface area contributed by atoms with E-state index in [1.54, 1.807) is 66.7 Å². The third kappa shape index (κ3) is 6.11. The van der Waals surface area contributed by atoms with Crippen LogP contribution < -0.4 is 4.74 Å². The van der Waals surface area contributed by atoms with E-state index >= 15 is 0 Å². The van der Waals surface area contributed by atoms with E-state index in [1.165, 1.54) is 4.90 Å². The number of rotatable bonds is 6. The van der Waals surface area contributed by atoms with Gasteiger partial charge in [0.25, 0.3) is 0 Å². The summed E-state index contributed by atoms with van der Waals surface area (Å²) < 4.78 is 44.6. The topological polar surface area (TPSA) is 41.9 Å². The number of carbonyl (C=O) groups excluding carboxylic acids is 1. The summed E-state index contributed by atoms with van der Waals surface area (Å²) in [6.07, 6.45) is -2.59. The molecule has 1 radical (unpaired) electrons. The zero-order valence-electron chi connectivity index (χ0n) is 20.3. The van der Waals surface area contributed by atoms with E-state index in [0.29, 0.717) is 10.0 Å². The van der Waals surface area contributed by atoms with Crippen LogP contribution in [-0.2, 0) is 10.2 Å². The van der Waals surface area contributed by atoms with E-state index in [0.717, 1.165) is 16.7 Å². The lowest BCUT2D eigenvalue weighted by Crippen LogP contribution is -2.31. The molecule has 0 spiro atoms. The smallest absolute Gasteiger partial charge is 0.422 e. The number of aliphatic imine (C=N–C) groups is 1. The Morgan fingerprint density at radius 2 is 1.49 bits per heavy atom. The number of amides is 1. The minimum Gasteiger partial charge on any atom is -0.483 e. The number of halogens is 5. The maximum atomic E-state index is 13.1. The monoisotopic (exact) mass is 547 g/mol. The molecule has 3 aromatic carbocycles. The first-order valence-corrected chi connectivity index (χ1v) is 12.2. The van der Waals surface area contributed by atoms with Crippen LogP contribution in [0.2, 0.25) is 10.0 Å². The van der Waals surface area contributed by atoms with Gasteiger partial charge in [-0.05, 0) is 58.5 Å². The van der Waals surface area contributed by atoms with Gasteiger partial charge in [-0.15, -0.1) is 0 Å². The van der Waals surface area contributed by atoms with Crippen LogP contribution >= 0.6 is 23.2 Å². The van der Waals surface area contributed by atoms with Crippen molar-refractivity contribution in [2.24, 2.45) is 4.99 Å². The van der Waals surface area contributed by atoms with Gasteiger partial charge in [-0.25, -0.2) is 0 Å². The van der Waals surface area contributed by atoms with Gasteiger partial charge in [0.2, 0.25) is 0 Å². The van der Waals surface area contributed by atoms with Gasteiger partial charge in [0.1, 0.15) is 17.6 Å². The van der Waals surface area contributed by atoms with Crippen LogP contribution in [0, 0.1) is 0 Å². The summed E-state index contributed by atoms with van der Waals surface area (Å²) in [5, 5.41) is 1.06. The molecule has 3 aromatic rings. The van der Waals surface area contributed by atoms with Gasteiger partial charge in [0.05, 0.1) is 11.6 Å². The molecule has 0 fully saturated rings. The fourth-order valence-electron chi connectivity index (χ4n) is 4.20. The number of ether oxygens (including phenoxy) is 1. The molecule has 0 N–H and O–H groups in total. The summed E-state index contributed by atoms with van der Waals surface area (Å²) in [5.41, 5.74) is 2.19. The SMILES string of the molecule is CC(C)(C)c1ccc(C2=NC(c3ccc(Cl)cc3)C(c3ccc(Cl)cc3)N2[C]=O)c(OCC(F)(F)F)c1. The summed E-state index contributed by atoms with van der Waals surface area (Å²) in [4.78, 5) is 18.5. The highest BCUT2D eigenvalue weighted by molar-refractivity contribution is 6.30. The summed E-state index contributed by atoms with van der Waals surface area (Å²) in [5.74, 6) is 0.142. The van der Waals surface area contributed by atoms with Crippen molar-refractivity contribution in [3.05, 3.63) is 99.0 Å². The van der Waals surface area contributed by atoms with Crippen LogP contribution in [0.25, 0.3) is 0 Å². The lowest BCUT2D eigenvalue weighted by atomic mass is 9.86. The summed E-state index contributed by atoms with van der Waals surface area (Å²) in [7, 11) is 0. The normalized spacial score (nSPS) is 18.1. The molecule has 0 saturated carbocycles. The molecular weight excluding hydrogens is 524 g/mol. The number of amidine groups is 1. The first-order chi connectivity index (χ1) is 17.4. The van der Waals surface area contributed by atoms with Crippen molar-refractivity contribution >= 4 is 35.4 Å². The molecule has 1 aliphatic rings. The van der Waals surface area contributed by atoms with Crippen LogP contribution in [0.4, 0.5) is 13.2 Å². The Labute approximate surface area is 223 Å². The quantitative estimate of drug-likeness (QED) is 0.315. The van der Waals surface area contributed by atoms with Crippen molar-refractivity contribution in [3.8, 4) is 5.75 Å². The largest absolute Gasteiger partial charge is 0.483 e. The third-order valence-electron chi connectivity index (χ3n) is 6.07. The van der Waals surface area contributed by atoms with Crippen molar-refractivity contribution < 1.29 is 22.7 Å². The zero-order chi connectivity index (χ0) is 27.0. The number of hydrogen-bond acceptors (Lipinski definition) is 3. The van der Waals surface area contributed by atoms with E-state index in [1.807, 2.05) is 27.2 Å². The third-order valence-corrected chi connectivity index (χ3v) is 6.57. The van der Waals surface area contributed by atoms with E-state index in [9.17, 15) is 18.0 Å². The minimum absolute atomic E-state index is 0.0182. The van der Waals surface area contributed by atoms with Crippen molar-refractivity contribution in [3.63, 3.8) is 0 Å². The second kappa shape index (κ2) is 10.4. The molecule has 0 saturated heterocycles. The highest BCUT2D eigenvalue weighted by atomic mass is 35.5. The van der Waals surface area contributed by atoms with Crippen molar-refractivity contribution in [1.82, 2.24) is 4.90 Å². The molecule has 0 aromatic heterocycles. The Morgan fingerprint density at radius 1 is 0.919 bits per heavy atom. The number of benzene rings is 3. The van der Waals surface area contributed by atoms with Crippen molar-refractivity contribution in [2.45, 2.75) is 44.4 Å². The summed E-state index contributed by atoms with van der Waals surface area (Å²) >= 11 is 12.2. The van der Waals surface area contributed by atoms with Crippen LogP contribution in [0.3, 0.4) is 0 Å². The van der Waals surface area contributed by atoms with Crippen LogP contribution in [-0.4, -0.2) is 29.9 Å². The molecule has 0 bridgehead atoms. The first kappa shape index (κ1) is 27.0. The molecule has 193 valence electrons. The molecular formula is C28H24Cl2F3N2O2. The van der Waals surface area contributed by atoms with Gasteiger partial charge in [0, 0.05) is 10.0 Å². The van der Waals surface area contributed by atoms with Crippen molar-refractivity contribution in [2.75, 3.05) is 6.61 Å². The molecule has 2 atom stereocenters. The number of nitrogens with zero attached hydrogens (tertiary/aromatic N) is 2. The molecule has 1 heterocycles. The molecule has 4 rings (SSSR count). The molecule has 2 unspecified atom stereocenters. The molecule has 1 amide bonds. The van der Waals surface area contributed by atoms with E-state index < -0.39 is 24.9 Å². The van der Waals surface area contributed by atoms with Crippen LogP contribution in [0.5, 0.6) is 5.75 Å². The Kier molecular flexibility index (Phi) is 7.58. The van der Waals surface area contributed by atoms with E-state index in [-0.39, 0.29) is 22.6 Å². The standard InChI is InChI=1S/C28H24Cl2F3N2O2/c1-27(2,3)19-8-13-22(23(14-19)37-15-28(31,32)33)26-34-24(17-4-9-20(29)10-5-17)25(35(26)16-36)18-6-11-21(30)12-7-18/h4-14,24-25H,15H2,1-3H3. The Bertz CT molecular complexity index is 1300. The lowest BCUT2D eigenvalue weighted by Gasteiger charge is -2.27. The second-order valence-corrected chi connectivity index (χ2v) is 10.6. The number of alkyl halides is 3. The molecule has 9 heteroatoms. The Balaban J connectivity index is 1.87. The molecule has 37 heavy (non-hydrogen) atoms. The highest BCUT2D eigenvalue weighted by Crippen LogP contribution is 2.44. The fourth-order valence-corrected chi connectivity index (χ4v) is 4.45. The second-order valence-electron chi connectivity index (χ2n) is 9.77. The van der Waals surface area contributed by atoms with Crippen molar-refractivity contribution in [1.29, 1.82) is 0 Å². The fraction of sp³-hybridized carbons (Fsp3) is 0.286. The van der Waals surface area contributed by atoms with Crippen LogP contribution in [0.1, 0.15) is 55.1 Å². The predicted molar refractivity (Wildman–Crippen MR) is 139 cm³/mol. The maximum Gasteiger partial charge on any atom is 0.422 e. The van der Waals surface area contributed by atoms with Crippen LogP contribution in [0.15, 0.2) is 71.7 Å². The van der Waals surface area contributed by atoms with Gasteiger partial charge in [-0.3, -0.25) is 14.7 Å². The Morgan fingerprint density at radius 3 is 2.00 bits per heavy atom. The predicted octanol–water partition coefficient (Wildman–Crippen LogP) is 7.84. The van der Waals surface area contributed by atoms with Gasteiger partial charge in [-0.1, -0.05) is 74.3 Å². The first-order valence-electron chi connectivity index (χ1n) is 11.5. The van der Waals surface area contributed by atoms with Gasteiger partial charge in [-0.2, -0.15) is 13.2 Å². The van der Waals surface area contributed by atoms with Gasteiger partial charge >= 0.3 is 12.6 Å². The summed E-state index contributed by atoms with van der Waals surface area (Å²) in [6.45, 7) is 4.36. The minimum atomic E-state index is -4.54.